The van der Waals surface area contributed by atoms with Gasteiger partial charge in [-0.15, -0.1) is 0 Å². The second kappa shape index (κ2) is 6.84. The maximum Gasteiger partial charge on any atom is 0.264 e. The highest BCUT2D eigenvalue weighted by atomic mass is 16.5. The summed E-state index contributed by atoms with van der Waals surface area (Å²) in [5.74, 6) is 2.01. The van der Waals surface area contributed by atoms with Crippen LogP contribution >= 0.6 is 0 Å². The van der Waals surface area contributed by atoms with Gasteiger partial charge in [0.15, 0.2) is 6.61 Å². The number of fused-ring (bicyclic) bond motifs is 1. The Labute approximate surface area is 150 Å². The number of aryl methyl sites for hydroxylation is 1. The zero-order valence-electron chi connectivity index (χ0n) is 14.5. The predicted molar refractivity (Wildman–Crippen MR) is 97.1 cm³/mol. The van der Waals surface area contributed by atoms with Gasteiger partial charge >= 0.3 is 0 Å². The lowest BCUT2D eigenvalue weighted by molar-refractivity contribution is 0.243. The summed E-state index contributed by atoms with van der Waals surface area (Å²) >= 11 is 0. The van der Waals surface area contributed by atoms with E-state index in [0.29, 0.717) is 23.2 Å². The summed E-state index contributed by atoms with van der Waals surface area (Å²) < 4.78 is 16.4. The lowest BCUT2D eigenvalue weighted by atomic mass is 10.1. The molecular weight excluding hydrogens is 330 g/mol. The molecule has 0 saturated heterocycles. The first-order valence-corrected chi connectivity index (χ1v) is 8.20. The van der Waals surface area contributed by atoms with Gasteiger partial charge in [0.2, 0.25) is 11.7 Å². The third-order valence-corrected chi connectivity index (χ3v) is 4.02. The molecule has 4 aromatic rings. The van der Waals surface area contributed by atoms with Gasteiger partial charge in [-0.2, -0.15) is 4.98 Å². The molecule has 6 nitrogen and oxygen atoms in total. The normalized spacial score (nSPS) is 10.8. The number of aromatic nitrogens is 3. The SMILES string of the molecule is COc1nc2c(C)cccc2cc1-c1noc(COc2ccccc2)n1. The highest BCUT2D eigenvalue weighted by Crippen LogP contribution is 2.31. The molecule has 0 atom stereocenters. The quantitative estimate of drug-likeness (QED) is 0.539. The van der Waals surface area contributed by atoms with E-state index in [-0.39, 0.29) is 6.61 Å². The van der Waals surface area contributed by atoms with E-state index in [4.69, 9.17) is 14.0 Å². The average molecular weight is 347 g/mol. The summed E-state index contributed by atoms with van der Waals surface area (Å²) in [4.78, 5) is 9.01. The Kier molecular flexibility index (Phi) is 4.23. The largest absolute Gasteiger partial charge is 0.484 e. The van der Waals surface area contributed by atoms with Gasteiger partial charge in [0.05, 0.1) is 18.2 Å². The third kappa shape index (κ3) is 3.09. The molecule has 0 aliphatic carbocycles. The van der Waals surface area contributed by atoms with Gasteiger partial charge < -0.3 is 14.0 Å². The van der Waals surface area contributed by atoms with Crippen LogP contribution in [0.25, 0.3) is 22.3 Å². The fourth-order valence-electron chi connectivity index (χ4n) is 2.73. The van der Waals surface area contributed by atoms with Crippen molar-refractivity contribution in [2.45, 2.75) is 13.5 Å². The highest BCUT2D eigenvalue weighted by Gasteiger charge is 2.17. The Bertz CT molecular complexity index is 1040. The van der Waals surface area contributed by atoms with E-state index in [1.165, 1.54) is 0 Å². The molecule has 0 N–H and O–H groups in total. The van der Waals surface area contributed by atoms with Gasteiger partial charge in [-0.25, -0.2) is 4.98 Å². The number of hydrogen-bond donors (Lipinski definition) is 0. The molecular formula is C20H17N3O3. The van der Waals surface area contributed by atoms with Crippen molar-refractivity contribution in [3.05, 3.63) is 66.1 Å². The Morgan fingerprint density at radius 3 is 2.65 bits per heavy atom. The second-order valence-electron chi connectivity index (χ2n) is 5.81. The molecule has 0 aliphatic heterocycles. The number of benzene rings is 2. The van der Waals surface area contributed by atoms with Crippen molar-refractivity contribution in [2.24, 2.45) is 0 Å². The van der Waals surface area contributed by atoms with Gasteiger partial charge in [0.25, 0.3) is 5.89 Å². The van der Waals surface area contributed by atoms with E-state index in [1.54, 1.807) is 7.11 Å². The van der Waals surface area contributed by atoms with Crippen LogP contribution in [0.3, 0.4) is 0 Å². The maximum absolute atomic E-state index is 5.64. The summed E-state index contributed by atoms with van der Waals surface area (Å²) in [7, 11) is 1.58. The summed E-state index contributed by atoms with van der Waals surface area (Å²) in [5, 5.41) is 5.04. The average Bonchev–Trinajstić information content (AvgIpc) is 3.15. The predicted octanol–water partition coefficient (Wildman–Crippen LogP) is 4.18. The van der Waals surface area contributed by atoms with Crippen molar-refractivity contribution in [2.75, 3.05) is 7.11 Å². The fourth-order valence-corrected chi connectivity index (χ4v) is 2.73. The van der Waals surface area contributed by atoms with Gasteiger partial charge in [0, 0.05) is 5.39 Å². The van der Waals surface area contributed by atoms with E-state index in [0.717, 1.165) is 22.2 Å². The second-order valence-corrected chi connectivity index (χ2v) is 5.81. The molecule has 0 radical (unpaired) electrons. The Balaban J connectivity index is 1.64. The molecule has 2 heterocycles. The molecule has 0 amide bonds. The molecule has 0 saturated carbocycles. The van der Waals surface area contributed by atoms with Crippen LogP contribution in [-0.4, -0.2) is 22.2 Å². The summed E-state index contributed by atoms with van der Waals surface area (Å²) in [6.45, 7) is 2.21. The summed E-state index contributed by atoms with van der Waals surface area (Å²) in [5.41, 5.74) is 2.65. The number of nitrogens with zero attached hydrogens (tertiary/aromatic N) is 3. The highest BCUT2D eigenvalue weighted by molar-refractivity contribution is 5.87. The minimum atomic E-state index is 0.194. The van der Waals surface area contributed by atoms with E-state index >= 15 is 0 Å². The standard InChI is InChI=1S/C20H17N3O3/c1-13-7-6-8-14-11-16(20(24-2)22-18(13)14)19-21-17(26-23-19)12-25-15-9-4-3-5-10-15/h3-11H,12H2,1-2H3. The van der Waals surface area contributed by atoms with Gasteiger partial charge in [-0.1, -0.05) is 41.6 Å². The van der Waals surface area contributed by atoms with Crippen molar-refractivity contribution in [1.82, 2.24) is 15.1 Å². The molecule has 4 rings (SSSR count). The molecule has 130 valence electrons. The van der Waals surface area contributed by atoms with Gasteiger partial charge in [0.1, 0.15) is 5.75 Å². The molecule has 2 aromatic carbocycles. The van der Waals surface area contributed by atoms with Crippen LogP contribution in [0.1, 0.15) is 11.5 Å². The maximum atomic E-state index is 5.64. The number of methoxy groups -OCH3 is 1. The van der Waals surface area contributed by atoms with Crippen LogP contribution in [0.15, 0.2) is 59.1 Å². The van der Waals surface area contributed by atoms with Crippen molar-refractivity contribution >= 4 is 10.9 Å². The number of ether oxygens (including phenoxy) is 2. The van der Waals surface area contributed by atoms with Crippen LogP contribution in [0.4, 0.5) is 0 Å². The molecule has 26 heavy (non-hydrogen) atoms. The molecule has 2 aromatic heterocycles. The van der Waals surface area contributed by atoms with Crippen LogP contribution in [0.2, 0.25) is 0 Å². The third-order valence-electron chi connectivity index (χ3n) is 4.02. The molecule has 0 fully saturated rings. The summed E-state index contributed by atoms with van der Waals surface area (Å²) in [6.07, 6.45) is 0. The molecule has 0 bridgehead atoms. The Morgan fingerprint density at radius 1 is 1.00 bits per heavy atom. The first-order chi connectivity index (χ1) is 12.7. The number of rotatable bonds is 5. The molecule has 6 heteroatoms. The number of pyridine rings is 1. The lowest BCUT2D eigenvalue weighted by Gasteiger charge is -2.08. The molecule has 0 spiro atoms. The first-order valence-electron chi connectivity index (χ1n) is 8.20. The Morgan fingerprint density at radius 2 is 1.85 bits per heavy atom. The van der Waals surface area contributed by atoms with Crippen LogP contribution < -0.4 is 9.47 Å². The van der Waals surface area contributed by atoms with E-state index in [9.17, 15) is 0 Å². The molecule has 0 unspecified atom stereocenters. The van der Waals surface area contributed by atoms with Crippen LogP contribution in [0, 0.1) is 6.92 Å². The zero-order valence-corrected chi connectivity index (χ0v) is 14.5. The van der Waals surface area contributed by atoms with E-state index < -0.39 is 0 Å². The number of para-hydroxylation sites is 2. The Hall–Kier alpha value is -3.41. The van der Waals surface area contributed by atoms with E-state index in [1.807, 2.05) is 61.5 Å². The number of hydrogen-bond acceptors (Lipinski definition) is 6. The summed E-state index contributed by atoms with van der Waals surface area (Å²) in [6, 6.07) is 17.4. The van der Waals surface area contributed by atoms with Crippen molar-refractivity contribution in [3.8, 4) is 23.0 Å². The van der Waals surface area contributed by atoms with Crippen molar-refractivity contribution in [3.63, 3.8) is 0 Å². The monoisotopic (exact) mass is 347 g/mol. The van der Waals surface area contributed by atoms with Crippen LogP contribution in [0.5, 0.6) is 11.6 Å². The van der Waals surface area contributed by atoms with Gasteiger partial charge in [-0.05, 0) is 30.7 Å². The topological polar surface area (TPSA) is 70.3 Å². The van der Waals surface area contributed by atoms with Crippen molar-refractivity contribution in [1.29, 1.82) is 0 Å². The van der Waals surface area contributed by atoms with Crippen molar-refractivity contribution < 1.29 is 14.0 Å². The first kappa shape index (κ1) is 16.1. The minimum Gasteiger partial charge on any atom is -0.484 e. The zero-order chi connectivity index (χ0) is 17.9. The fraction of sp³-hybridized carbons (Fsp3) is 0.150. The minimum absolute atomic E-state index is 0.194. The van der Waals surface area contributed by atoms with Crippen LogP contribution in [-0.2, 0) is 6.61 Å². The van der Waals surface area contributed by atoms with Gasteiger partial charge in [-0.3, -0.25) is 0 Å². The van der Waals surface area contributed by atoms with E-state index in [2.05, 4.69) is 15.1 Å². The smallest absolute Gasteiger partial charge is 0.264 e. The lowest BCUT2D eigenvalue weighted by Crippen LogP contribution is -1.97. The molecule has 0 aliphatic rings.